The van der Waals surface area contributed by atoms with Crippen LogP contribution in [0.1, 0.15) is 136 Å². The quantitative estimate of drug-likeness (QED) is 0.0119. The third kappa shape index (κ3) is 33.8. The summed E-state index contributed by atoms with van der Waals surface area (Å²) in [4.78, 5) is 130. The number of ether oxygens (including phenoxy) is 1. The van der Waals surface area contributed by atoms with Gasteiger partial charge in [0.15, 0.2) is 0 Å². The topological polar surface area (TPSA) is 444 Å². The van der Waals surface area contributed by atoms with Crippen molar-refractivity contribution in [3.8, 4) is 11.4 Å². The molecular formula is C110H120F2N11NaO20S5. The number of nitrogens with zero attached hydrogens (tertiary/aromatic N) is 9. The number of nitrogens with two attached hydrogens (primary N) is 1. The minimum Gasteiger partial charge on any atom is -0.550 e. The van der Waals surface area contributed by atoms with Crippen molar-refractivity contribution in [1.29, 1.82) is 4.78 Å². The molecule has 2 aliphatic rings. The molecule has 0 spiro atoms. The average Bonchev–Trinajstić information content (AvgIpc) is 1.68. The fraction of sp³-hybridized carbons (Fsp3) is 0.282. The van der Waals surface area contributed by atoms with Crippen LogP contribution >= 0.6 is 23.5 Å². The number of hydrogen-bond acceptors (Lipinski definition) is 23. The average molecular weight is 2140 g/mol. The number of fused-ring (bicyclic) bond motifs is 3. The van der Waals surface area contributed by atoms with Crippen LogP contribution in [0.2, 0.25) is 0 Å². The molecule has 0 bridgehead atoms. The van der Waals surface area contributed by atoms with E-state index in [2.05, 4.69) is 22.0 Å². The third-order valence-corrected chi connectivity index (χ3v) is 31.7. The standard InChI is InChI=1S/C26H28N2O3S2.C23H20N2O3S.C21H19F2N3O3.C19H17NO4.C13H19NO4S.C8H18N2O3S.Na/c1-28(2)24(29)14-16-32-26(33-17-15-25(30)31)21-8-5-6-19(18-21)10-12-22-13-11-20-7-3-4-9-23(20)27-22;26-22-21(16-17-29(28)20-14-8-3-9-15-20)23(27)25(19-12-6-2-7-13-19)24(22)18-10-4-1-5-11-18;1-24-6-8-25(9-7-24)19-11-18-15(10-17(19)23)20(27)16(21(28)29)12-26(18)14-4-2-13(22)3-5-14;1-12-15(11-18(21)22)16-10-14(24-2)8-9-17(16)20(12)19(23)13-6-4-3-5-7-13;1-3-9-14(10-4-2)19(17,18)12-7-5-11(6-8-12)13(15)16;1-2-3-5-14(10,13)6-4-7(9)8(11)12;/h3-13,18,26H,14-17H2,1-2H3,(H,30,31);1-15,21H,16-17H2;2-5,10-12H,6-9H2,1H3,(H,28,29);3-10H,11H2,1-2H3,(H,21,22);5-8H,3-4,9-10H2,1-2H3,(H,15,16);7,10H,2-6,9H2,1H3,(H,11,12);/q;;;;;;+1/p-1/b12-10+;;;;;;. The number of carboxylic acid groups (broad SMARTS) is 5. The van der Waals surface area contributed by atoms with Crippen LogP contribution in [0.15, 0.2) is 282 Å². The maximum atomic E-state index is 14.9. The Bertz CT molecular complexity index is 7100. The van der Waals surface area contributed by atoms with E-state index in [1.807, 2.05) is 154 Å². The van der Waals surface area contributed by atoms with Crippen LogP contribution in [0.4, 0.5) is 25.8 Å². The summed E-state index contributed by atoms with van der Waals surface area (Å²) in [6.45, 7) is 11.3. The number of sulfonamides is 1. The van der Waals surface area contributed by atoms with Gasteiger partial charge in [0.2, 0.25) is 21.4 Å². The predicted molar refractivity (Wildman–Crippen MR) is 577 cm³/mol. The van der Waals surface area contributed by atoms with Crippen molar-refractivity contribution in [2.24, 2.45) is 11.7 Å². The first kappa shape index (κ1) is 119. The van der Waals surface area contributed by atoms with E-state index in [1.165, 1.54) is 73.6 Å². The van der Waals surface area contributed by atoms with E-state index in [9.17, 15) is 88.9 Å². The Morgan fingerprint density at radius 2 is 1.22 bits per heavy atom. The van der Waals surface area contributed by atoms with Gasteiger partial charge in [-0.15, -0.1) is 23.5 Å². The maximum absolute atomic E-state index is 14.9. The Balaban J connectivity index is 0.000000202. The molecule has 39 heteroatoms. The molecule has 7 N–H and O–H groups in total. The van der Waals surface area contributed by atoms with Crippen molar-refractivity contribution in [2.75, 3.05) is 111 Å². The van der Waals surface area contributed by atoms with E-state index < -0.39 is 95.0 Å². The van der Waals surface area contributed by atoms with Crippen LogP contribution in [-0.4, -0.2) is 221 Å². The molecule has 3 aromatic heterocycles. The molecule has 780 valence electrons. The van der Waals surface area contributed by atoms with Gasteiger partial charge in [-0.25, -0.2) is 46.0 Å². The van der Waals surface area contributed by atoms with Gasteiger partial charge in [0.25, 0.3) is 17.7 Å². The Hall–Kier alpha value is -13.4. The molecule has 31 nitrogen and oxygen atoms in total. The molecule has 5 heterocycles. The number of aliphatic carboxylic acids is 3. The number of nitrogens with one attached hydrogen (secondary N) is 1. The van der Waals surface area contributed by atoms with Gasteiger partial charge in [0.1, 0.15) is 34.9 Å². The van der Waals surface area contributed by atoms with E-state index in [-0.39, 0.29) is 111 Å². The molecule has 3 amide bonds. The van der Waals surface area contributed by atoms with Crippen molar-refractivity contribution in [3.63, 3.8) is 0 Å². The van der Waals surface area contributed by atoms with E-state index in [4.69, 9.17) is 25.5 Å². The molecule has 0 radical (unpaired) electrons. The Morgan fingerprint density at radius 1 is 0.638 bits per heavy atom. The van der Waals surface area contributed by atoms with Crippen molar-refractivity contribution in [2.45, 2.75) is 106 Å². The molecule has 13 aromatic rings. The van der Waals surface area contributed by atoms with Crippen LogP contribution in [-0.2, 0) is 65.7 Å². The largest absolute Gasteiger partial charge is 1.00 e. The molecule has 0 saturated carbocycles. The molecule has 0 aliphatic carbocycles. The molecule has 2 aliphatic heterocycles. The monoisotopic (exact) mass is 2140 g/mol. The second kappa shape index (κ2) is 58.0. The SMILES string of the molecule is CCCCS(=N)(=O)CCC(N)C(=O)O.CCCN(CCC)S(=O)(=O)c1ccc(C(=O)O)cc1.CN(C)C(=O)CCSC(SCCC(=O)[O-])c1cccc(/C=C/c2ccc3ccccc3n2)c1.CN1CCN(c2cc3c(cc2F)c(=O)c(C(=O)O)cn3-c2ccc(F)cc2)CC1.COc1ccc2c(c1)c(CC(=O)O)c(C)n2C(=O)c1ccccc1.O=C1C(CCS(=O)c2ccccc2)C(=O)N(c2ccccc2)N1c1ccccc1.[Na+]. The van der Waals surface area contributed by atoms with Gasteiger partial charge in [-0.3, -0.25) is 47.1 Å². The number of pyridine rings is 2. The van der Waals surface area contributed by atoms with E-state index >= 15 is 0 Å². The fourth-order valence-electron chi connectivity index (χ4n) is 15.7. The van der Waals surface area contributed by atoms with Crippen molar-refractivity contribution in [1.82, 2.24) is 28.2 Å². The van der Waals surface area contributed by atoms with Crippen molar-refractivity contribution < 1.29 is 129 Å². The number of halogens is 2. The number of hydrazine groups is 1. The van der Waals surface area contributed by atoms with Crippen LogP contribution < -0.4 is 65.5 Å². The number of methoxy groups -OCH3 is 1. The summed E-state index contributed by atoms with van der Waals surface area (Å²) in [6.07, 6.45) is 8.98. The van der Waals surface area contributed by atoms with Crippen LogP contribution in [0.25, 0.3) is 50.5 Å². The zero-order valence-corrected chi connectivity index (χ0v) is 90.2. The number of carbonyl (C=O) groups is 9. The predicted octanol–water partition coefficient (Wildman–Crippen LogP) is 14.1. The smallest absolute Gasteiger partial charge is 0.550 e. The first-order valence-corrected chi connectivity index (χ1v) is 54.4. The van der Waals surface area contributed by atoms with E-state index in [0.29, 0.717) is 111 Å². The molecular weight excluding hydrogens is 2020 g/mol. The van der Waals surface area contributed by atoms with Crippen molar-refractivity contribution in [3.05, 3.63) is 334 Å². The van der Waals surface area contributed by atoms with Gasteiger partial charge in [0, 0.05) is 143 Å². The number of benzene rings is 10. The summed E-state index contributed by atoms with van der Waals surface area (Å²) < 4.78 is 94.3. The molecule has 4 unspecified atom stereocenters. The van der Waals surface area contributed by atoms with Crippen LogP contribution in [0.5, 0.6) is 5.75 Å². The zero-order valence-electron chi connectivity index (χ0n) is 84.2. The Labute approximate surface area is 897 Å². The number of amides is 3. The van der Waals surface area contributed by atoms with Gasteiger partial charge in [0.05, 0.1) is 78.7 Å². The summed E-state index contributed by atoms with van der Waals surface area (Å²) in [5.74, 6) is -5.70. The maximum Gasteiger partial charge on any atom is 1.00 e. The van der Waals surface area contributed by atoms with Gasteiger partial charge >= 0.3 is 53.4 Å². The number of carbonyl (C=O) groups excluding carboxylic acids is 5. The van der Waals surface area contributed by atoms with Gasteiger partial charge in [-0.05, 0) is 227 Å². The number of rotatable bonds is 38. The first-order chi connectivity index (χ1) is 70.8. The molecule has 10 aromatic carbocycles. The number of anilines is 3. The third-order valence-electron chi connectivity index (χ3n) is 23.7. The van der Waals surface area contributed by atoms with Crippen LogP contribution in [0, 0.1) is 29.3 Å². The van der Waals surface area contributed by atoms with E-state index in [1.54, 1.807) is 146 Å². The number of likely N-dealkylation sites (N-methyl/N-ethyl adjacent to an activating group) is 1. The van der Waals surface area contributed by atoms with Gasteiger partial charge < -0.3 is 60.1 Å². The van der Waals surface area contributed by atoms with Crippen molar-refractivity contribution >= 4 is 169 Å². The summed E-state index contributed by atoms with van der Waals surface area (Å²) in [5.41, 5.74) is 13.0. The molecule has 15 rings (SSSR count). The van der Waals surface area contributed by atoms with Gasteiger partial charge in [-0.1, -0.05) is 149 Å². The fourth-order valence-corrected chi connectivity index (χ4v) is 22.7. The van der Waals surface area contributed by atoms with Gasteiger partial charge in [-0.2, -0.15) is 4.31 Å². The molecule has 2 saturated heterocycles. The number of aromatic carboxylic acids is 2. The number of aromatic nitrogens is 3. The normalized spacial score (nSPS) is 13.5. The number of para-hydroxylation sites is 3. The number of carboxylic acids is 5. The number of hydrogen-bond donors (Lipinski definition) is 6. The molecule has 149 heavy (non-hydrogen) atoms. The zero-order chi connectivity index (χ0) is 107. The second-order valence-electron chi connectivity index (χ2n) is 34.5. The van der Waals surface area contributed by atoms with Crippen LogP contribution in [0.3, 0.4) is 0 Å². The minimum atomic E-state index is -3.53. The first-order valence-electron chi connectivity index (χ1n) is 47.6. The number of piperazine rings is 1. The Morgan fingerprint density at radius 3 is 1.78 bits per heavy atom. The minimum absolute atomic E-state index is 0. The number of unbranched alkanes of at least 4 members (excludes halogenated alkanes) is 1. The summed E-state index contributed by atoms with van der Waals surface area (Å²) in [7, 11) is -0.360. The number of thioether (sulfide) groups is 2. The summed E-state index contributed by atoms with van der Waals surface area (Å²) >= 11 is 3.23. The molecule has 2 fully saturated rings. The Kier molecular flexibility index (Phi) is 46.4. The summed E-state index contributed by atoms with van der Waals surface area (Å²) in [5, 5.41) is 51.4. The summed E-state index contributed by atoms with van der Waals surface area (Å²) in [6, 6.07) is 74.3. The molecule has 4 atom stereocenters. The van der Waals surface area contributed by atoms with E-state index in [0.717, 1.165) is 77.9 Å². The second-order valence-corrected chi connectivity index (χ2v) is 43.2.